The van der Waals surface area contributed by atoms with E-state index in [0.717, 1.165) is 5.56 Å². The van der Waals surface area contributed by atoms with Crippen LogP contribution in [0.25, 0.3) is 0 Å². The van der Waals surface area contributed by atoms with Crippen molar-refractivity contribution in [1.29, 1.82) is 5.26 Å². The third-order valence-corrected chi connectivity index (χ3v) is 5.08. The number of nitrogens with zero attached hydrogens (tertiary/aromatic N) is 3. The van der Waals surface area contributed by atoms with Gasteiger partial charge < -0.3 is 10.5 Å². The zero-order valence-corrected chi connectivity index (χ0v) is 16.4. The Balaban J connectivity index is 1.78. The zero-order chi connectivity index (χ0) is 19.2. The lowest BCUT2D eigenvalue weighted by molar-refractivity contribution is 0.299. The molecule has 0 fully saturated rings. The minimum Gasteiger partial charge on any atom is -0.487 e. The number of nitriles is 1. The third-order valence-electron chi connectivity index (χ3n) is 3.59. The second kappa shape index (κ2) is 8.96. The van der Waals surface area contributed by atoms with Crippen LogP contribution in [0.2, 0.25) is 10.0 Å². The van der Waals surface area contributed by atoms with Gasteiger partial charge in [0, 0.05) is 15.8 Å². The van der Waals surface area contributed by atoms with Gasteiger partial charge >= 0.3 is 0 Å². The minimum absolute atomic E-state index is 0.120. The molecule has 2 aromatic carbocycles. The zero-order valence-electron chi connectivity index (χ0n) is 14.0. The van der Waals surface area contributed by atoms with Crippen LogP contribution in [0.5, 0.6) is 5.75 Å². The molecule has 136 valence electrons. The second-order valence-electron chi connectivity index (χ2n) is 5.45. The fourth-order valence-corrected chi connectivity index (χ4v) is 3.67. The van der Waals surface area contributed by atoms with Crippen molar-refractivity contribution in [3.63, 3.8) is 0 Å². The van der Waals surface area contributed by atoms with E-state index in [-0.39, 0.29) is 18.0 Å². The molecule has 0 aliphatic rings. The Bertz CT molecular complexity index is 993. The number of nitrogen functional groups attached to an aromatic ring is 1. The molecule has 5 nitrogen and oxygen atoms in total. The minimum atomic E-state index is 0.120. The van der Waals surface area contributed by atoms with Crippen LogP contribution >= 0.6 is 35.0 Å². The lowest BCUT2D eigenvalue weighted by atomic mass is 10.2. The van der Waals surface area contributed by atoms with Crippen LogP contribution in [0.3, 0.4) is 0 Å². The van der Waals surface area contributed by atoms with Crippen LogP contribution in [-0.2, 0) is 12.4 Å². The topological polar surface area (TPSA) is 84.8 Å². The van der Waals surface area contributed by atoms with Crippen molar-refractivity contribution < 1.29 is 4.74 Å². The van der Waals surface area contributed by atoms with Crippen molar-refractivity contribution in [1.82, 2.24) is 9.97 Å². The van der Waals surface area contributed by atoms with Crippen LogP contribution in [0, 0.1) is 11.3 Å². The highest BCUT2D eigenvalue weighted by Crippen LogP contribution is 2.28. The second-order valence-corrected chi connectivity index (χ2v) is 7.24. The molecule has 2 N–H and O–H groups in total. The Morgan fingerprint density at radius 2 is 1.89 bits per heavy atom. The van der Waals surface area contributed by atoms with E-state index in [1.807, 2.05) is 42.5 Å². The van der Waals surface area contributed by atoms with E-state index in [0.29, 0.717) is 32.4 Å². The van der Waals surface area contributed by atoms with Gasteiger partial charge in [0.1, 0.15) is 35.5 Å². The van der Waals surface area contributed by atoms with Crippen molar-refractivity contribution in [2.24, 2.45) is 0 Å². The van der Waals surface area contributed by atoms with Gasteiger partial charge in [0.15, 0.2) is 5.16 Å². The van der Waals surface area contributed by atoms with Gasteiger partial charge in [-0.3, -0.25) is 0 Å². The van der Waals surface area contributed by atoms with E-state index in [2.05, 4.69) is 9.97 Å². The van der Waals surface area contributed by atoms with Crippen molar-refractivity contribution in [3.05, 3.63) is 75.4 Å². The van der Waals surface area contributed by atoms with Crippen LogP contribution in [0.1, 0.15) is 16.8 Å². The normalized spacial score (nSPS) is 10.4. The molecule has 3 rings (SSSR count). The molecule has 0 unspecified atom stereocenters. The van der Waals surface area contributed by atoms with Gasteiger partial charge in [-0.1, -0.05) is 59.2 Å². The number of halogens is 2. The van der Waals surface area contributed by atoms with Crippen LogP contribution in [0.15, 0.2) is 53.7 Å². The fourth-order valence-electron chi connectivity index (χ4n) is 2.24. The molecule has 3 aromatic rings. The van der Waals surface area contributed by atoms with Crippen molar-refractivity contribution in [3.8, 4) is 11.8 Å². The number of anilines is 1. The summed E-state index contributed by atoms with van der Waals surface area (Å²) in [5.41, 5.74) is 7.50. The molecule has 0 atom stereocenters. The predicted octanol–water partition coefficient (Wildman–Crippen LogP) is 5.11. The quantitative estimate of drug-likeness (QED) is 0.443. The van der Waals surface area contributed by atoms with Gasteiger partial charge in [-0.2, -0.15) is 5.26 Å². The number of benzene rings is 2. The van der Waals surface area contributed by atoms with E-state index >= 15 is 0 Å². The molecule has 0 saturated heterocycles. The highest BCUT2D eigenvalue weighted by atomic mass is 35.5. The van der Waals surface area contributed by atoms with E-state index in [9.17, 15) is 5.26 Å². The average molecular weight is 417 g/mol. The molecule has 0 bridgehead atoms. The van der Waals surface area contributed by atoms with E-state index < -0.39 is 0 Å². The summed E-state index contributed by atoms with van der Waals surface area (Å²) in [6, 6.07) is 16.6. The standard InChI is InChI=1S/C19H14Cl2N4OS/c20-13-7-6-12(16(21)8-13)11-27-19-24-17(15(9-22)18(23)25-19)10-26-14-4-2-1-3-5-14/h1-8H,10-11H2,(H2,23,24,25). The maximum Gasteiger partial charge on any atom is 0.190 e. The molecule has 0 radical (unpaired) electrons. The van der Waals surface area contributed by atoms with E-state index in [4.69, 9.17) is 33.7 Å². The van der Waals surface area contributed by atoms with Gasteiger partial charge in [0.05, 0.1) is 0 Å². The number of ether oxygens (including phenoxy) is 1. The van der Waals surface area contributed by atoms with E-state index in [1.165, 1.54) is 11.8 Å². The molecule has 1 aromatic heterocycles. The summed E-state index contributed by atoms with van der Waals surface area (Å²) in [6.07, 6.45) is 0. The molecule has 0 aliphatic carbocycles. The first kappa shape index (κ1) is 19.3. The molecular weight excluding hydrogens is 403 g/mol. The lowest BCUT2D eigenvalue weighted by Crippen LogP contribution is -2.08. The van der Waals surface area contributed by atoms with Gasteiger partial charge in [0.25, 0.3) is 0 Å². The molecule has 0 spiro atoms. The predicted molar refractivity (Wildman–Crippen MR) is 108 cm³/mol. The number of rotatable bonds is 6. The summed E-state index contributed by atoms with van der Waals surface area (Å²) in [6.45, 7) is 0.120. The molecule has 27 heavy (non-hydrogen) atoms. The number of thioether (sulfide) groups is 1. The number of hydrogen-bond acceptors (Lipinski definition) is 6. The molecule has 0 aliphatic heterocycles. The van der Waals surface area contributed by atoms with Gasteiger partial charge in [-0.05, 0) is 29.8 Å². The monoisotopic (exact) mass is 416 g/mol. The molecule has 0 saturated carbocycles. The maximum absolute atomic E-state index is 9.36. The number of nitrogens with two attached hydrogens (primary N) is 1. The lowest BCUT2D eigenvalue weighted by Gasteiger charge is -2.10. The first-order valence-corrected chi connectivity index (χ1v) is 9.62. The summed E-state index contributed by atoms with van der Waals surface area (Å²) in [5.74, 6) is 1.35. The summed E-state index contributed by atoms with van der Waals surface area (Å²) in [4.78, 5) is 8.64. The molecule has 1 heterocycles. The maximum atomic E-state index is 9.36. The molecule has 0 amide bonds. The number of hydrogen-bond donors (Lipinski definition) is 1. The van der Waals surface area contributed by atoms with E-state index in [1.54, 1.807) is 12.1 Å². The smallest absolute Gasteiger partial charge is 0.190 e. The Kier molecular flexibility index (Phi) is 6.40. The largest absolute Gasteiger partial charge is 0.487 e. The van der Waals surface area contributed by atoms with Gasteiger partial charge in [-0.25, -0.2) is 9.97 Å². The number of aromatic nitrogens is 2. The van der Waals surface area contributed by atoms with Gasteiger partial charge in [-0.15, -0.1) is 0 Å². The summed E-state index contributed by atoms with van der Waals surface area (Å²) < 4.78 is 5.70. The van der Waals surface area contributed by atoms with Crippen LogP contribution < -0.4 is 10.5 Å². The van der Waals surface area contributed by atoms with Crippen LogP contribution in [-0.4, -0.2) is 9.97 Å². The third kappa shape index (κ3) is 5.04. The summed E-state index contributed by atoms with van der Waals surface area (Å²) in [5, 5.41) is 11.0. The number of para-hydroxylation sites is 1. The highest BCUT2D eigenvalue weighted by Gasteiger charge is 2.14. The summed E-state index contributed by atoms with van der Waals surface area (Å²) >= 11 is 13.5. The van der Waals surface area contributed by atoms with Crippen molar-refractivity contribution >= 4 is 40.8 Å². The Labute approximate surface area is 171 Å². The van der Waals surface area contributed by atoms with Crippen molar-refractivity contribution in [2.45, 2.75) is 17.5 Å². The Hall–Kier alpha value is -2.46. The SMILES string of the molecule is N#Cc1c(N)nc(SCc2ccc(Cl)cc2Cl)nc1COc1ccccc1. The fraction of sp³-hybridized carbons (Fsp3) is 0.105. The first-order valence-electron chi connectivity index (χ1n) is 7.88. The highest BCUT2D eigenvalue weighted by molar-refractivity contribution is 7.98. The first-order chi connectivity index (χ1) is 13.1. The van der Waals surface area contributed by atoms with Crippen molar-refractivity contribution in [2.75, 3.05) is 5.73 Å². The Morgan fingerprint density at radius 3 is 2.59 bits per heavy atom. The molecule has 8 heteroatoms. The average Bonchev–Trinajstić information content (AvgIpc) is 2.66. The van der Waals surface area contributed by atoms with Crippen LogP contribution in [0.4, 0.5) is 5.82 Å². The molecular formula is C19H14Cl2N4OS. The van der Waals surface area contributed by atoms with Gasteiger partial charge in [0.2, 0.25) is 0 Å². The Morgan fingerprint density at radius 1 is 1.11 bits per heavy atom. The summed E-state index contributed by atoms with van der Waals surface area (Å²) in [7, 11) is 0.